The van der Waals surface area contributed by atoms with Gasteiger partial charge in [0.25, 0.3) is 0 Å². The van der Waals surface area contributed by atoms with Crippen LogP contribution in [0.4, 0.5) is 0 Å². The van der Waals surface area contributed by atoms with E-state index in [0.29, 0.717) is 5.02 Å². The summed E-state index contributed by atoms with van der Waals surface area (Å²) in [5.74, 6) is -3.08. The molecule has 1 aliphatic rings. The lowest BCUT2D eigenvalue weighted by molar-refractivity contribution is -0.221. The topological polar surface area (TPSA) is 114 Å². The highest BCUT2D eigenvalue weighted by Crippen LogP contribution is 2.39. The molecule has 0 radical (unpaired) electrons. The number of hydrogen-bond acceptors (Lipinski definition) is 10. The third-order valence-electron chi connectivity index (χ3n) is 4.40. The van der Waals surface area contributed by atoms with Crippen molar-refractivity contribution in [3.63, 3.8) is 0 Å². The Morgan fingerprint density at radius 2 is 1.38 bits per heavy atom. The average Bonchev–Trinajstić information content (AvgIpc) is 2.69. The zero-order valence-corrected chi connectivity index (χ0v) is 19.6. The zero-order chi connectivity index (χ0) is 23.8. The van der Waals surface area contributed by atoms with Gasteiger partial charge in [-0.1, -0.05) is 23.4 Å². The fourth-order valence-electron chi connectivity index (χ4n) is 3.14. The average molecular weight is 489 g/mol. The number of hydrogen-bond donors (Lipinski definition) is 0. The summed E-state index contributed by atoms with van der Waals surface area (Å²) in [7, 11) is 0. The van der Waals surface area contributed by atoms with E-state index in [9.17, 15) is 19.2 Å². The molecule has 1 aromatic carbocycles. The highest BCUT2D eigenvalue weighted by Gasteiger charge is 2.51. The first-order valence-corrected chi connectivity index (χ1v) is 11.0. The Balaban J connectivity index is 2.41. The van der Waals surface area contributed by atoms with Crippen molar-refractivity contribution in [2.24, 2.45) is 5.92 Å². The molecule has 1 aromatic rings. The molecule has 1 fully saturated rings. The van der Waals surface area contributed by atoms with Gasteiger partial charge in [-0.3, -0.25) is 19.2 Å². The number of thioether (sulfide) groups is 1. The van der Waals surface area contributed by atoms with E-state index >= 15 is 0 Å². The van der Waals surface area contributed by atoms with E-state index in [4.69, 9.17) is 35.3 Å². The number of rotatable bonds is 8. The van der Waals surface area contributed by atoms with Crippen LogP contribution in [0.2, 0.25) is 5.02 Å². The largest absolute Gasteiger partial charge is 0.465 e. The zero-order valence-electron chi connectivity index (χ0n) is 18.1. The van der Waals surface area contributed by atoms with Crippen molar-refractivity contribution in [2.75, 3.05) is 13.2 Å². The molecule has 5 atom stereocenters. The summed E-state index contributed by atoms with van der Waals surface area (Å²) in [6, 6.07) is 6.90. The van der Waals surface area contributed by atoms with Crippen LogP contribution >= 0.6 is 23.4 Å². The van der Waals surface area contributed by atoms with E-state index in [1.807, 2.05) is 0 Å². The van der Waals surface area contributed by atoms with Crippen molar-refractivity contribution in [3.8, 4) is 0 Å². The Hall–Kier alpha value is -2.30. The predicted octanol–water partition coefficient (Wildman–Crippen LogP) is 2.76. The van der Waals surface area contributed by atoms with Gasteiger partial charge in [0.05, 0.1) is 5.92 Å². The van der Waals surface area contributed by atoms with Gasteiger partial charge in [-0.2, -0.15) is 0 Å². The molecule has 0 N–H and O–H groups in total. The van der Waals surface area contributed by atoms with Gasteiger partial charge < -0.3 is 23.7 Å². The van der Waals surface area contributed by atoms with Gasteiger partial charge in [-0.15, -0.1) is 0 Å². The summed E-state index contributed by atoms with van der Waals surface area (Å²) in [5.41, 5.74) is -0.821. The summed E-state index contributed by atoms with van der Waals surface area (Å²) >= 11 is 7.17. The number of halogens is 1. The molecule has 0 aromatic heterocycles. The van der Waals surface area contributed by atoms with Crippen LogP contribution in [-0.2, 0) is 42.9 Å². The fraction of sp³-hybridized carbons (Fsp3) is 0.524. The second kappa shape index (κ2) is 12.1. The van der Waals surface area contributed by atoms with Gasteiger partial charge >= 0.3 is 23.9 Å². The van der Waals surface area contributed by atoms with E-state index in [2.05, 4.69) is 0 Å². The Bertz CT molecular complexity index is 829. The van der Waals surface area contributed by atoms with Crippen molar-refractivity contribution in [1.82, 2.24) is 0 Å². The molecule has 32 heavy (non-hydrogen) atoms. The lowest BCUT2D eigenvalue weighted by Gasteiger charge is -2.44. The molecule has 1 heterocycles. The minimum Gasteiger partial charge on any atom is -0.465 e. The number of carbonyl (C=O) groups is 4. The smallest absolute Gasteiger partial charge is 0.303 e. The molecule has 1 saturated heterocycles. The maximum Gasteiger partial charge on any atom is 0.303 e. The first-order valence-electron chi connectivity index (χ1n) is 9.75. The Morgan fingerprint density at radius 3 is 1.91 bits per heavy atom. The molecule has 1 aliphatic heterocycles. The second-order valence-corrected chi connectivity index (χ2v) is 8.64. The standard InChI is InChI=1S/C21H25ClO9S/c1-11(23)27-9-17-18(10-28-12(2)24)31-21(32-16-7-5-15(22)6-8-16)20(30-14(4)26)19(17)29-13(3)25/h5-8,17-21H,9-10H2,1-4H3/t17-,18-,19-,20-,21-/m1/s1. The van der Waals surface area contributed by atoms with Crippen molar-refractivity contribution >= 4 is 47.2 Å². The third-order valence-corrected chi connectivity index (χ3v) is 5.81. The normalized spacial score (nSPS) is 24.8. The van der Waals surface area contributed by atoms with Crippen molar-refractivity contribution in [3.05, 3.63) is 29.3 Å². The van der Waals surface area contributed by atoms with Crippen molar-refractivity contribution in [2.45, 2.75) is 56.3 Å². The Morgan fingerprint density at radius 1 is 0.844 bits per heavy atom. The van der Waals surface area contributed by atoms with Crippen LogP contribution in [0.25, 0.3) is 0 Å². The quantitative estimate of drug-likeness (QED) is 0.399. The highest BCUT2D eigenvalue weighted by atomic mass is 35.5. The first-order chi connectivity index (χ1) is 15.1. The fourth-order valence-corrected chi connectivity index (χ4v) is 4.37. The molecule has 9 nitrogen and oxygen atoms in total. The summed E-state index contributed by atoms with van der Waals surface area (Å²) in [6.45, 7) is 4.54. The Labute approximate surface area is 195 Å². The molecule has 0 bridgehead atoms. The van der Waals surface area contributed by atoms with Crippen LogP contribution in [-0.4, -0.2) is 60.8 Å². The molecular weight excluding hydrogens is 464 g/mol. The predicted molar refractivity (Wildman–Crippen MR) is 114 cm³/mol. The second-order valence-electron chi connectivity index (χ2n) is 7.03. The molecule has 0 amide bonds. The molecule has 0 saturated carbocycles. The third kappa shape index (κ3) is 7.99. The number of benzene rings is 1. The van der Waals surface area contributed by atoms with Gasteiger partial charge in [0.15, 0.2) is 12.2 Å². The lowest BCUT2D eigenvalue weighted by atomic mass is 9.90. The first kappa shape index (κ1) is 26.0. The maximum absolute atomic E-state index is 11.9. The van der Waals surface area contributed by atoms with Gasteiger partial charge in [0.2, 0.25) is 0 Å². The summed E-state index contributed by atoms with van der Waals surface area (Å²) in [4.78, 5) is 47.3. The van der Waals surface area contributed by atoms with Crippen molar-refractivity contribution < 1.29 is 42.9 Å². The maximum atomic E-state index is 11.9. The number of ether oxygens (including phenoxy) is 5. The van der Waals surface area contributed by atoms with Crippen LogP contribution in [0.3, 0.4) is 0 Å². The molecular formula is C21H25ClO9S. The SMILES string of the molecule is CC(=O)OC[C@H]1[C@@H](OC(C)=O)[C@@H](OC(C)=O)[C@@H](Sc2ccc(Cl)cc2)O[C@@H]1COC(C)=O. The van der Waals surface area contributed by atoms with Crippen LogP contribution in [0.1, 0.15) is 27.7 Å². The van der Waals surface area contributed by atoms with E-state index in [0.717, 1.165) is 4.90 Å². The van der Waals surface area contributed by atoms with Crippen LogP contribution in [0, 0.1) is 5.92 Å². The van der Waals surface area contributed by atoms with Crippen LogP contribution in [0.15, 0.2) is 29.2 Å². The lowest BCUT2D eigenvalue weighted by Crippen LogP contribution is -2.58. The molecule has 176 valence electrons. The van der Waals surface area contributed by atoms with E-state index < -0.39 is 53.5 Å². The molecule has 2 rings (SSSR count). The molecule has 0 spiro atoms. The van der Waals surface area contributed by atoms with Crippen molar-refractivity contribution in [1.29, 1.82) is 0 Å². The molecule has 0 unspecified atom stereocenters. The minimum absolute atomic E-state index is 0.177. The van der Waals surface area contributed by atoms with E-state index in [1.54, 1.807) is 24.3 Å². The van der Waals surface area contributed by atoms with Gasteiger partial charge in [-0.25, -0.2) is 0 Å². The number of carbonyl (C=O) groups excluding carboxylic acids is 4. The molecule has 0 aliphatic carbocycles. The van der Waals surface area contributed by atoms with Gasteiger partial charge in [-0.05, 0) is 24.3 Å². The summed E-state index contributed by atoms with van der Waals surface area (Å²) in [5, 5.41) is 0.544. The summed E-state index contributed by atoms with van der Waals surface area (Å²) < 4.78 is 27.4. The van der Waals surface area contributed by atoms with Crippen LogP contribution in [0.5, 0.6) is 0 Å². The van der Waals surface area contributed by atoms with Gasteiger partial charge in [0.1, 0.15) is 24.8 Å². The highest BCUT2D eigenvalue weighted by molar-refractivity contribution is 7.99. The molecule has 11 heteroatoms. The van der Waals surface area contributed by atoms with Crippen LogP contribution < -0.4 is 0 Å². The Kier molecular flexibility index (Phi) is 9.80. The minimum atomic E-state index is -1.02. The summed E-state index contributed by atoms with van der Waals surface area (Å²) in [6.07, 6.45) is -2.85. The monoisotopic (exact) mass is 488 g/mol. The van der Waals surface area contributed by atoms with E-state index in [-0.39, 0.29) is 13.2 Å². The van der Waals surface area contributed by atoms with E-state index in [1.165, 1.54) is 39.5 Å². The number of esters is 4. The van der Waals surface area contributed by atoms with Gasteiger partial charge in [0, 0.05) is 37.6 Å².